The highest BCUT2D eigenvalue weighted by Gasteiger charge is 2.12. The van der Waals surface area contributed by atoms with Gasteiger partial charge in [-0.1, -0.05) is 44.2 Å². The van der Waals surface area contributed by atoms with Gasteiger partial charge in [-0.25, -0.2) is 0 Å². The van der Waals surface area contributed by atoms with Crippen LogP contribution in [0.25, 0.3) is 11.3 Å². The topological polar surface area (TPSA) is 90.6 Å². The molecule has 1 aromatic carbocycles. The Morgan fingerprint density at radius 2 is 1.96 bits per heavy atom. The summed E-state index contributed by atoms with van der Waals surface area (Å²) in [6, 6.07) is 11.5. The Hall–Kier alpha value is -2.38. The van der Waals surface area contributed by atoms with Crippen LogP contribution < -0.4 is 5.32 Å². The van der Waals surface area contributed by atoms with E-state index in [0.717, 1.165) is 23.5 Å². The number of carbonyl (C=O) groups is 1. The Balaban J connectivity index is 1.73. The zero-order valence-corrected chi connectivity index (χ0v) is 16.1. The number of nitrogens with zero attached hydrogens (tertiary/aromatic N) is 3. The van der Waals surface area contributed by atoms with Crippen LogP contribution in [0.4, 0.5) is 0 Å². The molecular weight excluding hydrogens is 344 g/mol. The number of aliphatic hydroxyl groups is 1. The van der Waals surface area contributed by atoms with Crippen LogP contribution in [0, 0.1) is 0 Å². The number of amides is 1. The van der Waals surface area contributed by atoms with Gasteiger partial charge in [0, 0.05) is 25.1 Å². The summed E-state index contributed by atoms with van der Waals surface area (Å²) >= 11 is 0. The molecule has 0 saturated heterocycles. The fraction of sp³-hybridized carbons (Fsp3) is 0.500. The molecule has 0 aliphatic rings. The standard InChI is InChI=1S/C20H30N4O3/c1-3-23(4-2)15-18(25)14-21-20(26)12-8-11-17-13-19(22-24(17)27)16-9-6-5-7-10-16/h5-7,9-10,13,18,25,27H,3-4,8,11-12,14-15H2,1-2H3,(H,21,26). The Kier molecular flexibility index (Phi) is 8.29. The van der Waals surface area contributed by atoms with Gasteiger partial charge < -0.3 is 20.5 Å². The van der Waals surface area contributed by atoms with Crippen LogP contribution in [0.1, 0.15) is 32.4 Å². The van der Waals surface area contributed by atoms with Crippen molar-refractivity contribution in [2.45, 2.75) is 39.2 Å². The van der Waals surface area contributed by atoms with E-state index in [1.54, 1.807) is 0 Å². The minimum Gasteiger partial charge on any atom is -0.411 e. The number of carbonyl (C=O) groups excluding carboxylic acids is 1. The van der Waals surface area contributed by atoms with Gasteiger partial charge in [0.05, 0.1) is 17.5 Å². The van der Waals surface area contributed by atoms with E-state index in [2.05, 4.69) is 15.3 Å². The number of benzene rings is 1. The molecule has 148 valence electrons. The molecule has 3 N–H and O–H groups in total. The second-order valence-electron chi connectivity index (χ2n) is 6.57. The van der Waals surface area contributed by atoms with Crippen LogP contribution in [0.5, 0.6) is 0 Å². The molecule has 1 heterocycles. The summed E-state index contributed by atoms with van der Waals surface area (Å²) in [5, 5.41) is 26.8. The fourth-order valence-corrected chi connectivity index (χ4v) is 2.93. The average molecular weight is 374 g/mol. The fourth-order valence-electron chi connectivity index (χ4n) is 2.93. The first-order chi connectivity index (χ1) is 13.0. The van der Waals surface area contributed by atoms with Crippen LogP contribution in [-0.2, 0) is 11.2 Å². The molecule has 0 aliphatic carbocycles. The first-order valence-corrected chi connectivity index (χ1v) is 9.54. The van der Waals surface area contributed by atoms with Gasteiger partial charge in [0.2, 0.25) is 5.91 Å². The van der Waals surface area contributed by atoms with Crippen molar-refractivity contribution in [3.63, 3.8) is 0 Å². The van der Waals surface area contributed by atoms with Crippen LogP contribution in [0.2, 0.25) is 0 Å². The molecule has 2 aromatic rings. The molecule has 7 heteroatoms. The predicted molar refractivity (Wildman–Crippen MR) is 105 cm³/mol. The number of likely N-dealkylation sites (N-methyl/N-ethyl adjacent to an activating group) is 1. The maximum absolute atomic E-state index is 12.0. The van der Waals surface area contributed by atoms with Gasteiger partial charge >= 0.3 is 0 Å². The number of aliphatic hydroxyl groups excluding tert-OH is 1. The van der Waals surface area contributed by atoms with Crippen LogP contribution >= 0.6 is 0 Å². The van der Waals surface area contributed by atoms with Gasteiger partial charge in [-0.15, -0.1) is 9.94 Å². The van der Waals surface area contributed by atoms with Crippen molar-refractivity contribution in [3.05, 3.63) is 42.1 Å². The minimum absolute atomic E-state index is 0.0964. The molecular formula is C20H30N4O3. The number of nitrogens with one attached hydrogen (secondary N) is 1. The second kappa shape index (κ2) is 10.7. The molecule has 1 atom stereocenters. The monoisotopic (exact) mass is 374 g/mol. The number of aryl methyl sites for hydroxylation is 1. The largest absolute Gasteiger partial charge is 0.411 e. The van der Waals surface area contributed by atoms with Crippen LogP contribution in [-0.4, -0.2) is 63.3 Å². The van der Waals surface area contributed by atoms with Gasteiger partial charge in [0.25, 0.3) is 0 Å². The third-order valence-corrected chi connectivity index (χ3v) is 4.57. The summed E-state index contributed by atoms with van der Waals surface area (Å²) in [7, 11) is 0. The van der Waals surface area contributed by atoms with Crippen molar-refractivity contribution in [1.29, 1.82) is 0 Å². The highest BCUT2D eigenvalue weighted by Crippen LogP contribution is 2.19. The molecule has 1 aromatic heterocycles. The van der Waals surface area contributed by atoms with E-state index < -0.39 is 6.10 Å². The highest BCUT2D eigenvalue weighted by atomic mass is 16.5. The Morgan fingerprint density at radius 1 is 1.26 bits per heavy atom. The molecule has 1 amide bonds. The molecule has 0 saturated carbocycles. The maximum atomic E-state index is 12.0. The third-order valence-electron chi connectivity index (χ3n) is 4.57. The van der Waals surface area contributed by atoms with Crippen molar-refractivity contribution in [2.24, 2.45) is 0 Å². The van der Waals surface area contributed by atoms with Crippen LogP contribution in [0.3, 0.4) is 0 Å². The molecule has 0 radical (unpaired) electrons. The van der Waals surface area contributed by atoms with E-state index in [9.17, 15) is 15.1 Å². The Morgan fingerprint density at radius 3 is 2.63 bits per heavy atom. The molecule has 0 fully saturated rings. The quantitative estimate of drug-likeness (QED) is 0.523. The van der Waals surface area contributed by atoms with Gasteiger partial charge in [-0.05, 0) is 32.0 Å². The van der Waals surface area contributed by atoms with Crippen LogP contribution in [0.15, 0.2) is 36.4 Å². The van der Waals surface area contributed by atoms with E-state index >= 15 is 0 Å². The first kappa shape index (κ1) is 20.9. The highest BCUT2D eigenvalue weighted by molar-refractivity contribution is 5.75. The third kappa shape index (κ3) is 6.69. The molecule has 2 rings (SSSR count). The normalized spacial score (nSPS) is 12.3. The summed E-state index contributed by atoms with van der Waals surface area (Å²) in [5.74, 6) is -0.0964. The maximum Gasteiger partial charge on any atom is 0.220 e. The smallest absolute Gasteiger partial charge is 0.220 e. The zero-order valence-electron chi connectivity index (χ0n) is 16.1. The van der Waals surface area contributed by atoms with E-state index in [1.807, 2.05) is 50.2 Å². The summed E-state index contributed by atoms with van der Waals surface area (Å²) < 4.78 is 0. The van der Waals surface area contributed by atoms with Crippen molar-refractivity contribution >= 4 is 5.91 Å². The number of hydrogen-bond donors (Lipinski definition) is 3. The molecule has 0 aliphatic heterocycles. The SMILES string of the molecule is CCN(CC)CC(O)CNC(=O)CCCc1cc(-c2ccccc2)nn1O. The zero-order chi connectivity index (χ0) is 19.6. The lowest BCUT2D eigenvalue weighted by molar-refractivity contribution is -0.121. The second-order valence-corrected chi connectivity index (χ2v) is 6.57. The van der Waals surface area contributed by atoms with E-state index in [0.29, 0.717) is 37.2 Å². The van der Waals surface area contributed by atoms with Crippen molar-refractivity contribution < 1.29 is 15.1 Å². The Bertz CT molecular complexity index is 699. The van der Waals surface area contributed by atoms with E-state index in [-0.39, 0.29) is 12.5 Å². The lowest BCUT2D eigenvalue weighted by Crippen LogP contribution is -2.40. The van der Waals surface area contributed by atoms with Crippen molar-refractivity contribution in [3.8, 4) is 11.3 Å². The molecule has 7 nitrogen and oxygen atoms in total. The van der Waals surface area contributed by atoms with Gasteiger partial charge in [-0.2, -0.15) is 0 Å². The average Bonchev–Trinajstić information content (AvgIpc) is 3.06. The van der Waals surface area contributed by atoms with Crippen molar-refractivity contribution in [1.82, 2.24) is 20.2 Å². The predicted octanol–water partition coefficient (Wildman–Crippen LogP) is 1.93. The Labute approximate surface area is 160 Å². The lowest BCUT2D eigenvalue weighted by atomic mass is 10.1. The van der Waals surface area contributed by atoms with Gasteiger partial charge in [-0.3, -0.25) is 4.79 Å². The summed E-state index contributed by atoms with van der Waals surface area (Å²) in [6.07, 6.45) is 0.912. The number of rotatable bonds is 11. The summed E-state index contributed by atoms with van der Waals surface area (Å²) in [5.41, 5.74) is 2.31. The van der Waals surface area contributed by atoms with E-state index in [4.69, 9.17) is 0 Å². The van der Waals surface area contributed by atoms with Gasteiger partial charge in [0.15, 0.2) is 0 Å². The molecule has 0 spiro atoms. The molecule has 27 heavy (non-hydrogen) atoms. The van der Waals surface area contributed by atoms with E-state index in [1.165, 1.54) is 0 Å². The van der Waals surface area contributed by atoms with Gasteiger partial charge in [0.1, 0.15) is 0 Å². The summed E-state index contributed by atoms with van der Waals surface area (Å²) in [6.45, 7) is 6.65. The first-order valence-electron chi connectivity index (χ1n) is 9.54. The minimum atomic E-state index is -0.568. The summed E-state index contributed by atoms with van der Waals surface area (Å²) in [4.78, 5) is 15.0. The molecule has 0 bridgehead atoms. The number of hydrogen-bond acceptors (Lipinski definition) is 5. The van der Waals surface area contributed by atoms with Crippen molar-refractivity contribution in [2.75, 3.05) is 26.2 Å². The molecule has 1 unspecified atom stereocenters. The lowest BCUT2D eigenvalue weighted by Gasteiger charge is -2.21. The number of aromatic nitrogens is 2.